The highest BCUT2D eigenvalue weighted by atomic mass is 79.9. The molecule has 0 aromatic heterocycles. The molecule has 160 valence electrons. The zero-order chi connectivity index (χ0) is 22.1. The van der Waals surface area contributed by atoms with Crippen LogP contribution in [0.5, 0.6) is 17.2 Å². The fraction of sp³-hybridized carbons (Fsp3) is 0.167. The Morgan fingerprint density at radius 2 is 1.77 bits per heavy atom. The standard InChI is InChI=1S/C24H23BrN2O4/c1-17-8-6-7-11-21(17)30-16-23(28)27-26-14-19-12-20(25)24(22(13-19)29-2)31-15-18-9-4-3-5-10-18/h3-14H,15-16H2,1-2H3,(H,27,28)/b26-14-. The second-order valence-electron chi connectivity index (χ2n) is 6.66. The van der Waals surface area contributed by atoms with Gasteiger partial charge >= 0.3 is 0 Å². The second kappa shape index (κ2) is 11.2. The van der Waals surface area contributed by atoms with Gasteiger partial charge in [0.15, 0.2) is 18.1 Å². The van der Waals surface area contributed by atoms with Gasteiger partial charge in [-0.25, -0.2) is 5.43 Å². The molecule has 0 spiro atoms. The Hall–Kier alpha value is -3.32. The summed E-state index contributed by atoms with van der Waals surface area (Å²) in [4.78, 5) is 12.0. The predicted octanol–water partition coefficient (Wildman–Crippen LogP) is 4.87. The number of para-hydroxylation sites is 1. The SMILES string of the molecule is COc1cc(/C=N\NC(=O)COc2ccccc2C)cc(Br)c1OCc1ccccc1. The van der Waals surface area contributed by atoms with Crippen LogP contribution in [0.1, 0.15) is 16.7 Å². The molecule has 0 unspecified atom stereocenters. The topological polar surface area (TPSA) is 69.2 Å². The maximum Gasteiger partial charge on any atom is 0.277 e. The van der Waals surface area contributed by atoms with Crippen molar-refractivity contribution in [2.24, 2.45) is 5.10 Å². The van der Waals surface area contributed by atoms with E-state index >= 15 is 0 Å². The third kappa shape index (κ3) is 6.58. The highest BCUT2D eigenvalue weighted by Crippen LogP contribution is 2.36. The number of carbonyl (C=O) groups excluding carboxylic acids is 1. The van der Waals surface area contributed by atoms with E-state index < -0.39 is 0 Å². The summed E-state index contributed by atoms with van der Waals surface area (Å²) in [5, 5.41) is 3.99. The van der Waals surface area contributed by atoms with Crippen molar-refractivity contribution in [1.29, 1.82) is 0 Å². The van der Waals surface area contributed by atoms with E-state index in [1.54, 1.807) is 13.2 Å². The predicted molar refractivity (Wildman–Crippen MR) is 124 cm³/mol. The molecule has 0 heterocycles. The summed E-state index contributed by atoms with van der Waals surface area (Å²) in [5.74, 6) is 1.47. The molecular formula is C24H23BrN2O4. The van der Waals surface area contributed by atoms with Crippen LogP contribution in [-0.2, 0) is 11.4 Å². The molecule has 0 aliphatic rings. The average Bonchev–Trinajstić information content (AvgIpc) is 2.78. The fourth-order valence-electron chi connectivity index (χ4n) is 2.76. The van der Waals surface area contributed by atoms with E-state index in [0.29, 0.717) is 23.9 Å². The molecule has 0 saturated heterocycles. The summed E-state index contributed by atoms with van der Waals surface area (Å²) < 4.78 is 17.6. The number of methoxy groups -OCH3 is 1. The third-order valence-electron chi connectivity index (χ3n) is 4.33. The first-order chi connectivity index (χ1) is 15.1. The van der Waals surface area contributed by atoms with Crippen LogP contribution in [0.4, 0.5) is 0 Å². The van der Waals surface area contributed by atoms with Crippen molar-refractivity contribution in [3.8, 4) is 17.2 Å². The van der Waals surface area contributed by atoms with Gasteiger partial charge in [0, 0.05) is 0 Å². The van der Waals surface area contributed by atoms with Gasteiger partial charge in [-0.05, 0) is 57.7 Å². The molecule has 6 nitrogen and oxygen atoms in total. The van der Waals surface area contributed by atoms with Gasteiger partial charge in [-0.15, -0.1) is 0 Å². The van der Waals surface area contributed by atoms with E-state index in [2.05, 4.69) is 26.5 Å². The molecule has 7 heteroatoms. The number of nitrogens with zero attached hydrogens (tertiary/aromatic N) is 1. The molecule has 0 aliphatic heterocycles. The van der Waals surface area contributed by atoms with Crippen molar-refractivity contribution < 1.29 is 19.0 Å². The minimum absolute atomic E-state index is 0.124. The minimum atomic E-state index is -0.353. The van der Waals surface area contributed by atoms with Gasteiger partial charge in [0.05, 0.1) is 17.8 Å². The Balaban J connectivity index is 1.58. The molecule has 0 fully saturated rings. The lowest BCUT2D eigenvalue weighted by molar-refractivity contribution is -0.123. The van der Waals surface area contributed by atoms with Gasteiger partial charge in [0.2, 0.25) is 0 Å². The average molecular weight is 483 g/mol. The quantitative estimate of drug-likeness (QED) is 0.348. The van der Waals surface area contributed by atoms with Gasteiger partial charge < -0.3 is 14.2 Å². The van der Waals surface area contributed by atoms with Crippen LogP contribution in [0.3, 0.4) is 0 Å². The first kappa shape index (κ1) is 22.4. The Labute approximate surface area is 190 Å². The van der Waals surface area contributed by atoms with Crippen LogP contribution in [0.25, 0.3) is 0 Å². The summed E-state index contributed by atoms with van der Waals surface area (Å²) in [6.45, 7) is 2.21. The Bertz CT molecular complexity index is 1050. The van der Waals surface area contributed by atoms with Crippen molar-refractivity contribution >= 4 is 28.1 Å². The van der Waals surface area contributed by atoms with Crippen molar-refractivity contribution in [1.82, 2.24) is 5.43 Å². The third-order valence-corrected chi connectivity index (χ3v) is 4.92. The first-order valence-corrected chi connectivity index (χ1v) is 10.4. The zero-order valence-corrected chi connectivity index (χ0v) is 18.9. The van der Waals surface area contributed by atoms with Crippen LogP contribution >= 0.6 is 15.9 Å². The number of ether oxygens (including phenoxy) is 3. The van der Waals surface area contributed by atoms with E-state index in [4.69, 9.17) is 14.2 Å². The molecule has 31 heavy (non-hydrogen) atoms. The van der Waals surface area contributed by atoms with Crippen LogP contribution in [0.2, 0.25) is 0 Å². The van der Waals surface area contributed by atoms with E-state index in [-0.39, 0.29) is 12.5 Å². The number of hydrogen-bond acceptors (Lipinski definition) is 5. The van der Waals surface area contributed by atoms with Crippen LogP contribution in [-0.4, -0.2) is 25.8 Å². The van der Waals surface area contributed by atoms with E-state index in [1.165, 1.54) is 6.21 Å². The molecule has 1 N–H and O–H groups in total. The number of benzene rings is 3. The van der Waals surface area contributed by atoms with Crippen molar-refractivity contribution in [3.05, 3.63) is 87.9 Å². The molecule has 3 aromatic rings. The minimum Gasteiger partial charge on any atom is -0.493 e. The normalized spacial score (nSPS) is 10.7. The number of nitrogens with one attached hydrogen (secondary N) is 1. The number of amides is 1. The molecule has 0 radical (unpaired) electrons. The lowest BCUT2D eigenvalue weighted by atomic mass is 10.2. The largest absolute Gasteiger partial charge is 0.493 e. The maximum absolute atomic E-state index is 12.0. The van der Waals surface area contributed by atoms with Crippen LogP contribution < -0.4 is 19.6 Å². The number of hydrogen-bond donors (Lipinski definition) is 1. The van der Waals surface area contributed by atoms with E-state index in [9.17, 15) is 4.79 Å². The molecule has 0 atom stereocenters. The molecule has 1 amide bonds. The molecule has 0 aliphatic carbocycles. The number of hydrazone groups is 1. The van der Waals surface area contributed by atoms with Gasteiger partial charge in [-0.1, -0.05) is 48.5 Å². The number of halogens is 1. The summed E-state index contributed by atoms with van der Waals surface area (Å²) in [6.07, 6.45) is 1.53. The summed E-state index contributed by atoms with van der Waals surface area (Å²) in [5.41, 5.74) is 5.21. The number of rotatable bonds is 9. The van der Waals surface area contributed by atoms with Gasteiger partial charge in [-0.3, -0.25) is 4.79 Å². The van der Waals surface area contributed by atoms with Gasteiger partial charge in [0.25, 0.3) is 5.91 Å². The number of carbonyl (C=O) groups is 1. The Kier molecular flexibility index (Phi) is 8.06. The smallest absolute Gasteiger partial charge is 0.277 e. The van der Waals surface area contributed by atoms with Crippen LogP contribution in [0.15, 0.2) is 76.3 Å². The van der Waals surface area contributed by atoms with E-state index in [0.717, 1.165) is 21.2 Å². The first-order valence-electron chi connectivity index (χ1n) is 9.61. The lowest BCUT2D eigenvalue weighted by Crippen LogP contribution is -2.24. The van der Waals surface area contributed by atoms with Crippen molar-refractivity contribution in [2.45, 2.75) is 13.5 Å². The molecular weight excluding hydrogens is 460 g/mol. The summed E-state index contributed by atoms with van der Waals surface area (Å²) in [7, 11) is 1.57. The van der Waals surface area contributed by atoms with Gasteiger partial charge in [0.1, 0.15) is 12.4 Å². The van der Waals surface area contributed by atoms with Gasteiger partial charge in [-0.2, -0.15) is 5.10 Å². The summed E-state index contributed by atoms with van der Waals surface area (Å²) in [6, 6.07) is 21.0. The summed E-state index contributed by atoms with van der Waals surface area (Å²) >= 11 is 3.52. The zero-order valence-electron chi connectivity index (χ0n) is 17.3. The van der Waals surface area contributed by atoms with Crippen LogP contribution in [0, 0.1) is 6.92 Å². The van der Waals surface area contributed by atoms with E-state index in [1.807, 2.05) is 67.6 Å². The number of aryl methyl sites for hydroxylation is 1. The lowest BCUT2D eigenvalue weighted by Gasteiger charge is -2.13. The molecule has 0 saturated carbocycles. The van der Waals surface area contributed by atoms with Crippen molar-refractivity contribution in [3.63, 3.8) is 0 Å². The maximum atomic E-state index is 12.0. The fourth-order valence-corrected chi connectivity index (χ4v) is 3.33. The highest BCUT2D eigenvalue weighted by molar-refractivity contribution is 9.10. The Morgan fingerprint density at radius 1 is 1.03 bits per heavy atom. The monoisotopic (exact) mass is 482 g/mol. The Morgan fingerprint density at radius 3 is 2.52 bits per heavy atom. The molecule has 0 bridgehead atoms. The molecule has 3 rings (SSSR count). The highest BCUT2D eigenvalue weighted by Gasteiger charge is 2.12. The second-order valence-corrected chi connectivity index (χ2v) is 7.51. The molecule has 3 aromatic carbocycles. The van der Waals surface area contributed by atoms with Crippen molar-refractivity contribution in [2.75, 3.05) is 13.7 Å².